The molecule has 0 bridgehead atoms. The summed E-state index contributed by atoms with van der Waals surface area (Å²) in [6.45, 7) is 0.595. The van der Waals surface area contributed by atoms with E-state index in [1.54, 1.807) is 0 Å². The number of fused-ring (bicyclic) bond motifs is 2. The molecule has 6 heteroatoms. The van der Waals surface area contributed by atoms with Gasteiger partial charge in [0.25, 0.3) is 0 Å². The summed E-state index contributed by atoms with van der Waals surface area (Å²) >= 11 is 0. The van der Waals surface area contributed by atoms with E-state index in [0.717, 1.165) is 35.4 Å². The van der Waals surface area contributed by atoms with Crippen LogP contribution >= 0.6 is 0 Å². The van der Waals surface area contributed by atoms with Gasteiger partial charge in [-0.05, 0) is 43.4 Å². The first-order valence-corrected chi connectivity index (χ1v) is 9.05. The van der Waals surface area contributed by atoms with Crippen LogP contribution in [0, 0.1) is 0 Å². The van der Waals surface area contributed by atoms with Gasteiger partial charge in [-0.15, -0.1) is 0 Å². The van der Waals surface area contributed by atoms with Crippen molar-refractivity contribution in [3.05, 3.63) is 47.0 Å². The molecule has 0 aliphatic heterocycles. The fourth-order valence-electron chi connectivity index (χ4n) is 3.52. The van der Waals surface area contributed by atoms with E-state index in [4.69, 9.17) is 0 Å². The summed E-state index contributed by atoms with van der Waals surface area (Å²) in [6, 6.07) is 7.95. The Bertz CT molecular complexity index is 846. The Balaban J connectivity index is 1.24. The maximum atomic E-state index is 12.1. The molecule has 25 heavy (non-hydrogen) atoms. The van der Waals surface area contributed by atoms with E-state index >= 15 is 0 Å². The van der Waals surface area contributed by atoms with Crippen molar-refractivity contribution >= 4 is 16.9 Å². The van der Waals surface area contributed by atoms with Crippen LogP contribution in [0.3, 0.4) is 0 Å². The molecule has 0 radical (unpaired) electrons. The van der Waals surface area contributed by atoms with Crippen molar-refractivity contribution in [3.63, 3.8) is 0 Å². The number of rotatable bonds is 6. The van der Waals surface area contributed by atoms with Crippen LogP contribution in [-0.2, 0) is 30.5 Å². The van der Waals surface area contributed by atoms with Crippen LogP contribution in [0.2, 0.25) is 0 Å². The third-order valence-corrected chi connectivity index (χ3v) is 4.85. The Hall–Kier alpha value is -2.63. The van der Waals surface area contributed by atoms with Gasteiger partial charge in [-0.25, -0.2) is 4.98 Å². The second-order valence-corrected chi connectivity index (χ2v) is 6.64. The second-order valence-electron chi connectivity index (χ2n) is 6.64. The number of nitrogens with zero attached hydrogens (tertiary/aromatic N) is 2. The molecule has 6 nitrogen and oxygen atoms in total. The molecule has 0 saturated heterocycles. The number of aromatic amines is 2. The molecule has 0 saturated carbocycles. The van der Waals surface area contributed by atoms with E-state index in [9.17, 15) is 4.79 Å². The van der Waals surface area contributed by atoms with Crippen molar-refractivity contribution in [2.45, 2.75) is 44.9 Å². The summed E-state index contributed by atoms with van der Waals surface area (Å²) in [6.07, 6.45) is 6.54. The monoisotopic (exact) mass is 337 g/mol. The zero-order chi connectivity index (χ0) is 17.1. The molecule has 3 N–H and O–H groups in total. The van der Waals surface area contributed by atoms with E-state index in [1.165, 1.54) is 24.1 Å². The molecule has 0 spiro atoms. The fourth-order valence-corrected chi connectivity index (χ4v) is 3.52. The molecule has 1 aromatic carbocycles. The number of amides is 1. The number of hydrogen-bond donors (Lipinski definition) is 3. The lowest BCUT2D eigenvalue weighted by molar-refractivity contribution is -0.121. The SMILES string of the molecule is O=C(CCc1n[nH]c2c1CCCC2)NCCc1nc2ccccc2[nH]1. The van der Waals surface area contributed by atoms with Crippen molar-refractivity contribution in [2.75, 3.05) is 6.54 Å². The summed E-state index contributed by atoms with van der Waals surface area (Å²) in [4.78, 5) is 19.9. The third-order valence-electron chi connectivity index (χ3n) is 4.85. The number of aryl methyl sites for hydroxylation is 2. The first-order chi connectivity index (χ1) is 12.3. The summed E-state index contributed by atoms with van der Waals surface area (Å²) in [5.41, 5.74) is 5.69. The van der Waals surface area contributed by atoms with Gasteiger partial charge in [0.15, 0.2) is 0 Å². The number of carbonyl (C=O) groups is 1. The van der Waals surface area contributed by atoms with Crippen LogP contribution in [0.5, 0.6) is 0 Å². The molecule has 2 aromatic heterocycles. The normalized spacial score (nSPS) is 13.8. The predicted molar refractivity (Wildman–Crippen MR) is 96.4 cm³/mol. The number of H-pyrrole nitrogens is 2. The standard InChI is InChI=1S/C19H23N5O/c25-19(10-9-15-13-5-1-2-6-14(13)23-24-15)20-12-11-18-21-16-7-3-4-8-17(16)22-18/h3-4,7-8H,1-2,5-6,9-12H2,(H,20,25)(H,21,22)(H,23,24). The minimum absolute atomic E-state index is 0.0728. The van der Waals surface area contributed by atoms with Crippen LogP contribution in [0.1, 0.15) is 42.0 Å². The topological polar surface area (TPSA) is 86.5 Å². The average Bonchev–Trinajstić information content (AvgIpc) is 3.23. The van der Waals surface area contributed by atoms with E-state index < -0.39 is 0 Å². The molecule has 1 aliphatic rings. The number of hydrogen-bond acceptors (Lipinski definition) is 3. The highest BCUT2D eigenvalue weighted by Crippen LogP contribution is 2.22. The Labute approximate surface area is 146 Å². The van der Waals surface area contributed by atoms with Gasteiger partial charge in [0.1, 0.15) is 5.82 Å². The molecule has 3 aromatic rings. The van der Waals surface area contributed by atoms with E-state index in [0.29, 0.717) is 25.8 Å². The first kappa shape index (κ1) is 15.9. The lowest BCUT2D eigenvalue weighted by Crippen LogP contribution is -2.26. The minimum Gasteiger partial charge on any atom is -0.356 e. The van der Waals surface area contributed by atoms with Gasteiger partial charge < -0.3 is 10.3 Å². The van der Waals surface area contributed by atoms with Crippen LogP contribution < -0.4 is 5.32 Å². The first-order valence-electron chi connectivity index (χ1n) is 9.05. The van der Waals surface area contributed by atoms with Crippen LogP contribution in [0.4, 0.5) is 0 Å². The maximum Gasteiger partial charge on any atom is 0.220 e. The lowest BCUT2D eigenvalue weighted by atomic mass is 9.95. The van der Waals surface area contributed by atoms with Crippen molar-refractivity contribution in [3.8, 4) is 0 Å². The van der Waals surface area contributed by atoms with Crippen molar-refractivity contribution in [1.29, 1.82) is 0 Å². The predicted octanol–water partition coefficient (Wildman–Crippen LogP) is 2.46. The van der Waals surface area contributed by atoms with Crippen LogP contribution in [0.25, 0.3) is 11.0 Å². The zero-order valence-corrected chi connectivity index (χ0v) is 14.3. The number of nitrogens with one attached hydrogen (secondary N) is 3. The smallest absolute Gasteiger partial charge is 0.220 e. The zero-order valence-electron chi connectivity index (χ0n) is 14.3. The number of carbonyl (C=O) groups excluding carboxylic acids is 1. The number of imidazole rings is 1. The highest BCUT2D eigenvalue weighted by Gasteiger charge is 2.17. The second kappa shape index (κ2) is 7.09. The van der Waals surface area contributed by atoms with Crippen molar-refractivity contribution in [2.24, 2.45) is 0 Å². The molecule has 1 amide bonds. The van der Waals surface area contributed by atoms with Gasteiger partial charge in [-0.3, -0.25) is 9.89 Å². The van der Waals surface area contributed by atoms with Gasteiger partial charge in [-0.2, -0.15) is 5.10 Å². The van der Waals surface area contributed by atoms with Crippen molar-refractivity contribution in [1.82, 2.24) is 25.5 Å². The molecule has 1 aliphatic carbocycles. The molecular formula is C19H23N5O. The highest BCUT2D eigenvalue weighted by atomic mass is 16.1. The van der Waals surface area contributed by atoms with E-state index in [1.807, 2.05) is 24.3 Å². The van der Waals surface area contributed by atoms with Crippen LogP contribution in [0.15, 0.2) is 24.3 Å². The Morgan fingerprint density at radius 2 is 2.04 bits per heavy atom. The Kier molecular flexibility index (Phi) is 4.50. The summed E-state index contributed by atoms with van der Waals surface area (Å²) in [5.74, 6) is 0.978. The molecule has 2 heterocycles. The maximum absolute atomic E-state index is 12.1. The van der Waals surface area contributed by atoms with Gasteiger partial charge in [-0.1, -0.05) is 12.1 Å². The third kappa shape index (κ3) is 3.57. The van der Waals surface area contributed by atoms with E-state index in [2.05, 4.69) is 25.5 Å². The van der Waals surface area contributed by atoms with Gasteiger partial charge in [0.05, 0.1) is 16.7 Å². The molecule has 4 rings (SSSR count). The summed E-state index contributed by atoms with van der Waals surface area (Å²) in [5, 5.41) is 10.5. The quantitative estimate of drug-likeness (QED) is 0.646. The Morgan fingerprint density at radius 1 is 1.16 bits per heavy atom. The number of benzene rings is 1. The van der Waals surface area contributed by atoms with Crippen molar-refractivity contribution < 1.29 is 4.79 Å². The largest absolute Gasteiger partial charge is 0.356 e. The number of aromatic nitrogens is 4. The molecule has 0 atom stereocenters. The minimum atomic E-state index is 0.0728. The molecule has 0 fully saturated rings. The number of para-hydroxylation sites is 2. The Morgan fingerprint density at radius 3 is 2.96 bits per heavy atom. The fraction of sp³-hybridized carbons (Fsp3) is 0.421. The lowest BCUT2D eigenvalue weighted by Gasteiger charge is -2.11. The van der Waals surface area contributed by atoms with E-state index in [-0.39, 0.29) is 5.91 Å². The van der Waals surface area contributed by atoms with Gasteiger partial charge in [0, 0.05) is 31.5 Å². The molecule has 0 unspecified atom stereocenters. The van der Waals surface area contributed by atoms with Crippen LogP contribution in [-0.4, -0.2) is 32.6 Å². The van der Waals surface area contributed by atoms with Gasteiger partial charge >= 0.3 is 0 Å². The highest BCUT2D eigenvalue weighted by molar-refractivity contribution is 5.76. The molecular weight excluding hydrogens is 314 g/mol. The summed E-state index contributed by atoms with van der Waals surface area (Å²) in [7, 11) is 0. The molecule has 130 valence electrons. The van der Waals surface area contributed by atoms with Gasteiger partial charge in [0.2, 0.25) is 5.91 Å². The summed E-state index contributed by atoms with van der Waals surface area (Å²) < 4.78 is 0. The average molecular weight is 337 g/mol.